The molecule has 1 fully saturated rings. The summed E-state index contributed by atoms with van der Waals surface area (Å²) in [5.74, 6) is 0.699. The molecule has 1 saturated carbocycles. The van der Waals surface area contributed by atoms with Gasteiger partial charge in [0.25, 0.3) is 0 Å². The third-order valence-electron chi connectivity index (χ3n) is 3.78. The van der Waals surface area contributed by atoms with Gasteiger partial charge in [-0.3, -0.25) is 9.59 Å². The van der Waals surface area contributed by atoms with Crippen LogP contribution in [-0.2, 0) is 14.3 Å². The molecule has 2 N–H and O–H groups in total. The summed E-state index contributed by atoms with van der Waals surface area (Å²) in [4.78, 5) is 23.5. The third kappa shape index (κ3) is 7.46. The summed E-state index contributed by atoms with van der Waals surface area (Å²) in [6.45, 7) is 8.67. The van der Waals surface area contributed by atoms with Gasteiger partial charge in [0.15, 0.2) is 0 Å². The van der Waals surface area contributed by atoms with Crippen LogP contribution in [0.3, 0.4) is 0 Å². The molecule has 5 nitrogen and oxygen atoms in total. The van der Waals surface area contributed by atoms with Gasteiger partial charge in [0.1, 0.15) is 6.10 Å². The molecule has 0 spiro atoms. The molecular weight excluding hydrogens is 268 g/mol. The van der Waals surface area contributed by atoms with Crippen LogP contribution in [0.5, 0.6) is 0 Å². The van der Waals surface area contributed by atoms with E-state index in [1.807, 2.05) is 13.8 Å². The Kier molecular flexibility index (Phi) is 7.72. The standard InChI is InChI=1S/C16H30N2O3/c1-11(2)9-17-15(19)10-18-16(20)13(4)21-14-7-5-6-12(3)8-14/h11-14H,5-10H2,1-4H3,(H,17,19)(H,18,20)/t12-,13+,14-/m1/s1. The van der Waals surface area contributed by atoms with E-state index in [-0.39, 0.29) is 24.5 Å². The van der Waals surface area contributed by atoms with E-state index in [2.05, 4.69) is 17.6 Å². The summed E-state index contributed by atoms with van der Waals surface area (Å²) in [5.41, 5.74) is 0. The molecule has 5 heteroatoms. The molecule has 122 valence electrons. The van der Waals surface area contributed by atoms with Crippen LogP contribution in [0, 0.1) is 11.8 Å². The zero-order chi connectivity index (χ0) is 15.8. The van der Waals surface area contributed by atoms with Gasteiger partial charge in [0.2, 0.25) is 11.8 Å². The molecule has 0 radical (unpaired) electrons. The van der Waals surface area contributed by atoms with Crippen molar-refractivity contribution in [2.45, 2.75) is 65.6 Å². The lowest BCUT2D eigenvalue weighted by molar-refractivity contribution is -0.138. The number of hydrogen-bond donors (Lipinski definition) is 2. The second-order valence-corrected chi connectivity index (χ2v) is 6.59. The van der Waals surface area contributed by atoms with Crippen LogP contribution in [0.15, 0.2) is 0 Å². The number of carbonyl (C=O) groups is 2. The van der Waals surface area contributed by atoms with Crippen molar-refractivity contribution in [3.05, 3.63) is 0 Å². The molecular formula is C16H30N2O3. The van der Waals surface area contributed by atoms with Crippen LogP contribution < -0.4 is 10.6 Å². The Morgan fingerprint density at radius 2 is 1.90 bits per heavy atom. The van der Waals surface area contributed by atoms with Crippen LogP contribution in [0.4, 0.5) is 0 Å². The summed E-state index contributed by atoms with van der Waals surface area (Å²) in [6, 6.07) is 0. The SMILES string of the molecule is CC(C)CNC(=O)CNC(=O)[C@H](C)O[C@@H]1CCC[C@@H](C)C1. The average Bonchev–Trinajstić information content (AvgIpc) is 2.42. The van der Waals surface area contributed by atoms with E-state index in [0.717, 1.165) is 19.3 Å². The molecule has 1 aliphatic carbocycles. The van der Waals surface area contributed by atoms with Crippen molar-refractivity contribution in [1.82, 2.24) is 10.6 Å². The topological polar surface area (TPSA) is 67.4 Å². The van der Waals surface area contributed by atoms with Gasteiger partial charge in [-0.2, -0.15) is 0 Å². The molecule has 3 atom stereocenters. The molecule has 21 heavy (non-hydrogen) atoms. The molecule has 0 unspecified atom stereocenters. The van der Waals surface area contributed by atoms with E-state index >= 15 is 0 Å². The molecule has 1 rings (SSSR count). The third-order valence-corrected chi connectivity index (χ3v) is 3.78. The van der Waals surface area contributed by atoms with Crippen molar-refractivity contribution in [3.63, 3.8) is 0 Å². The second-order valence-electron chi connectivity index (χ2n) is 6.59. The largest absolute Gasteiger partial charge is 0.365 e. The molecule has 0 heterocycles. The predicted octanol–water partition coefficient (Wildman–Crippen LogP) is 1.86. The van der Waals surface area contributed by atoms with E-state index in [4.69, 9.17) is 4.74 Å². The summed E-state index contributed by atoms with van der Waals surface area (Å²) in [7, 11) is 0. The number of rotatable bonds is 7. The summed E-state index contributed by atoms with van der Waals surface area (Å²) in [6.07, 6.45) is 4.12. The minimum absolute atomic E-state index is 0.0142. The van der Waals surface area contributed by atoms with Gasteiger partial charge in [0, 0.05) is 6.54 Å². The summed E-state index contributed by atoms with van der Waals surface area (Å²) in [5, 5.41) is 5.40. The smallest absolute Gasteiger partial charge is 0.249 e. The van der Waals surface area contributed by atoms with Crippen molar-refractivity contribution in [2.24, 2.45) is 11.8 Å². The molecule has 0 aromatic carbocycles. The highest BCUT2D eigenvalue weighted by atomic mass is 16.5. The van der Waals surface area contributed by atoms with Crippen molar-refractivity contribution in [1.29, 1.82) is 0 Å². The van der Waals surface area contributed by atoms with Gasteiger partial charge in [0.05, 0.1) is 12.6 Å². The number of hydrogen-bond acceptors (Lipinski definition) is 3. The first-order valence-electron chi connectivity index (χ1n) is 8.08. The summed E-state index contributed by atoms with van der Waals surface area (Å²) < 4.78 is 5.81. The Labute approximate surface area is 128 Å². The normalized spacial score (nSPS) is 23.7. The van der Waals surface area contributed by atoms with Crippen molar-refractivity contribution >= 4 is 11.8 Å². The zero-order valence-corrected chi connectivity index (χ0v) is 13.8. The van der Waals surface area contributed by atoms with Gasteiger partial charge in [-0.05, 0) is 31.6 Å². The molecule has 0 bridgehead atoms. The maximum atomic E-state index is 11.9. The van der Waals surface area contributed by atoms with Crippen LogP contribution in [-0.4, -0.2) is 37.1 Å². The Balaban J connectivity index is 2.23. The molecule has 2 amide bonds. The van der Waals surface area contributed by atoms with Gasteiger partial charge in [-0.15, -0.1) is 0 Å². The van der Waals surface area contributed by atoms with E-state index < -0.39 is 6.10 Å². The van der Waals surface area contributed by atoms with Gasteiger partial charge >= 0.3 is 0 Å². The first-order valence-corrected chi connectivity index (χ1v) is 8.08. The Morgan fingerprint density at radius 1 is 1.19 bits per heavy atom. The van der Waals surface area contributed by atoms with Crippen LogP contribution in [0.1, 0.15) is 53.4 Å². The Morgan fingerprint density at radius 3 is 2.52 bits per heavy atom. The van der Waals surface area contributed by atoms with E-state index in [1.54, 1.807) is 6.92 Å². The highest BCUT2D eigenvalue weighted by Gasteiger charge is 2.24. The van der Waals surface area contributed by atoms with Crippen molar-refractivity contribution < 1.29 is 14.3 Å². The molecule has 0 aromatic heterocycles. The number of nitrogens with one attached hydrogen (secondary N) is 2. The van der Waals surface area contributed by atoms with Crippen LogP contribution >= 0.6 is 0 Å². The highest BCUT2D eigenvalue weighted by Crippen LogP contribution is 2.26. The average molecular weight is 298 g/mol. The van der Waals surface area contributed by atoms with Crippen molar-refractivity contribution in [3.8, 4) is 0 Å². The lowest BCUT2D eigenvalue weighted by atomic mass is 9.88. The Hall–Kier alpha value is -1.10. The second kappa shape index (κ2) is 9.03. The fourth-order valence-corrected chi connectivity index (χ4v) is 2.54. The fourth-order valence-electron chi connectivity index (χ4n) is 2.54. The number of carbonyl (C=O) groups excluding carboxylic acids is 2. The van der Waals surface area contributed by atoms with Crippen LogP contribution in [0.25, 0.3) is 0 Å². The van der Waals surface area contributed by atoms with Gasteiger partial charge in [-0.25, -0.2) is 0 Å². The Bertz CT molecular complexity index is 344. The first kappa shape index (κ1) is 18.0. The predicted molar refractivity (Wildman–Crippen MR) is 82.8 cm³/mol. The highest BCUT2D eigenvalue weighted by molar-refractivity contribution is 5.86. The number of amides is 2. The van der Waals surface area contributed by atoms with Crippen LogP contribution in [0.2, 0.25) is 0 Å². The van der Waals surface area contributed by atoms with E-state index in [0.29, 0.717) is 18.4 Å². The monoisotopic (exact) mass is 298 g/mol. The zero-order valence-electron chi connectivity index (χ0n) is 13.8. The quantitative estimate of drug-likeness (QED) is 0.754. The maximum absolute atomic E-state index is 11.9. The summed E-state index contributed by atoms with van der Waals surface area (Å²) >= 11 is 0. The lowest BCUT2D eigenvalue weighted by Gasteiger charge is -2.28. The van der Waals surface area contributed by atoms with E-state index in [9.17, 15) is 9.59 Å². The molecule has 0 aliphatic heterocycles. The van der Waals surface area contributed by atoms with Gasteiger partial charge in [-0.1, -0.05) is 33.6 Å². The molecule has 1 aliphatic rings. The fraction of sp³-hybridized carbons (Fsp3) is 0.875. The maximum Gasteiger partial charge on any atom is 0.249 e. The minimum Gasteiger partial charge on any atom is -0.365 e. The van der Waals surface area contributed by atoms with Crippen molar-refractivity contribution in [2.75, 3.05) is 13.1 Å². The minimum atomic E-state index is -0.502. The molecule has 0 saturated heterocycles. The molecule has 0 aromatic rings. The van der Waals surface area contributed by atoms with Gasteiger partial charge < -0.3 is 15.4 Å². The lowest BCUT2D eigenvalue weighted by Crippen LogP contribution is -2.43. The number of ether oxygens (including phenoxy) is 1. The first-order chi connectivity index (χ1) is 9.88. The van der Waals surface area contributed by atoms with E-state index in [1.165, 1.54) is 6.42 Å².